The van der Waals surface area contributed by atoms with Gasteiger partial charge in [0, 0.05) is 25.8 Å². The third kappa shape index (κ3) is 3.79. The highest BCUT2D eigenvalue weighted by Crippen LogP contribution is 2.28. The van der Waals surface area contributed by atoms with Crippen LogP contribution in [0.15, 0.2) is 59.2 Å². The number of carbonyl (C=O) groups is 2. The summed E-state index contributed by atoms with van der Waals surface area (Å²) < 4.78 is 12.4. The van der Waals surface area contributed by atoms with Gasteiger partial charge in [-0.2, -0.15) is 5.10 Å². The summed E-state index contributed by atoms with van der Waals surface area (Å²) in [4.78, 5) is 26.3. The number of likely N-dealkylation sites (tertiary alicyclic amines) is 1. The van der Waals surface area contributed by atoms with Gasteiger partial charge in [-0.3, -0.25) is 9.59 Å². The van der Waals surface area contributed by atoms with Crippen LogP contribution in [0.2, 0.25) is 0 Å². The molecule has 4 rings (SSSR count). The summed E-state index contributed by atoms with van der Waals surface area (Å²) in [5.41, 5.74) is 1.60. The molecule has 2 atom stereocenters. The van der Waals surface area contributed by atoms with Gasteiger partial charge in [-0.25, -0.2) is 4.68 Å². The molecule has 1 fully saturated rings. The van der Waals surface area contributed by atoms with E-state index in [0.717, 1.165) is 5.69 Å². The molecule has 1 aromatic carbocycles. The summed E-state index contributed by atoms with van der Waals surface area (Å²) in [7, 11) is 1.57. The smallest absolute Gasteiger partial charge is 0.305 e. The van der Waals surface area contributed by atoms with Gasteiger partial charge in [0.1, 0.15) is 11.4 Å². The molecule has 0 aliphatic carbocycles. The molecule has 3 aromatic rings. The van der Waals surface area contributed by atoms with E-state index < -0.39 is 12.0 Å². The fraction of sp³-hybridized carbons (Fsp3) is 0.286. The van der Waals surface area contributed by atoms with Gasteiger partial charge in [-0.05, 0) is 30.7 Å². The predicted octanol–water partition coefficient (Wildman–Crippen LogP) is 2.84. The summed E-state index contributed by atoms with van der Waals surface area (Å²) in [6, 6.07) is 14.1. The number of nitrogens with zero attached hydrogens (tertiary/aromatic N) is 3. The zero-order valence-corrected chi connectivity index (χ0v) is 15.9. The number of rotatable bonds is 6. The number of aliphatic carboxylic acids is 1. The average molecular weight is 395 g/mol. The van der Waals surface area contributed by atoms with Crippen LogP contribution < -0.4 is 0 Å². The first-order valence-corrected chi connectivity index (χ1v) is 9.31. The van der Waals surface area contributed by atoms with Gasteiger partial charge in [-0.1, -0.05) is 18.2 Å². The second-order valence-corrected chi connectivity index (χ2v) is 6.94. The summed E-state index contributed by atoms with van der Waals surface area (Å²) in [6.07, 6.45) is 1.71. The average Bonchev–Trinajstić information content (AvgIpc) is 3.46. The first-order chi connectivity index (χ1) is 14.1. The van der Waals surface area contributed by atoms with E-state index in [-0.39, 0.29) is 18.4 Å². The van der Waals surface area contributed by atoms with E-state index in [1.54, 1.807) is 41.2 Å². The predicted molar refractivity (Wildman–Crippen MR) is 104 cm³/mol. The number of benzene rings is 1. The molecular formula is C21H21N3O5. The minimum Gasteiger partial charge on any atom is -0.481 e. The van der Waals surface area contributed by atoms with Gasteiger partial charge in [0.2, 0.25) is 0 Å². The third-order valence-corrected chi connectivity index (χ3v) is 5.08. The molecule has 1 saturated heterocycles. The van der Waals surface area contributed by atoms with Crippen molar-refractivity contribution >= 4 is 11.9 Å². The fourth-order valence-corrected chi connectivity index (χ4v) is 3.68. The van der Waals surface area contributed by atoms with Crippen molar-refractivity contribution in [2.24, 2.45) is 0 Å². The van der Waals surface area contributed by atoms with Crippen LogP contribution in [0.25, 0.3) is 17.1 Å². The summed E-state index contributed by atoms with van der Waals surface area (Å²) in [5, 5.41) is 13.8. The van der Waals surface area contributed by atoms with E-state index in [0.29, 0.717) is 30.1 Å². The van der Waals surface area contributed by atoms with Crippen molar-refractivity contribution in [1.82, 2.24) is 14.7 Å². The number of hydrogen-bond donors (Lipinski definition) is 1. The molecule has 0 radical (unpaired) electrons. The Bertz CT molecular complexity index is 997. The number of carboxylic acid groups (broad SMARTS) is 1. The number of hydrogen-bond acceptors (Lipinski definition) is 5. The lowest BCUT2D eigenvalue weighted by Gasteiger charge is -2.23. The molecule has 0 spiro atoms. The van der Waals surface area contributed by atoms with E-state index in [2.05, 4.69) is 5.10 Å². The number of ether oxygens (including phenoxy) is 1. The fourth-order valence-electron chi connectivity index (χ4n) is 3.68. The number of carbonyl (C=O) groups excluding carboxylic acids is 1. The topological polar surface area (TPSA) is 97.8 Å². The number of methoxy groups -OCH3 is 1. The number of carboxylic acids is 1. The van der Waals surface area contributed by atoms with E-state index in [1.807, 2.05) is 30.3 Å². The van der Waals surface area contributed by atoms with Gasteiger partial charge in [0.15, 0.2) is 5.76 Å². The van der Waals surface area contributed by atoms with Crippen molar-refractivity contribution in [3.05, 3.63) is 60.5 Å². The van der Waals surface area contributed by atoms with Crippen molar-refractivity contribution in [2.45, 2.75) is 25.0 Å². The van der Waals surface area contributed by atoms with E-state index in [1.165, 1.54) is 0 Å². The number of amides is 1. The van der Waals surface area contributed by atoms with E-state index in [9.17, 15) is 14.7 Å². The second-order valence-electron chi connectivity index (χ2n) is 6.94. The quantitative estimate of drug-likeness (QED) is 0.689. The maximum atomic E-state index is 13.5. The van der Waals surface area contributed by atoms with Gasteiger partial charge >= 0.3 is 5.97 Å². The minimum absolute atomic E-state index is 0.129. The number of furan rings is 1. The highest BCUT2D eigenvalue weighted by molar-refractivity contribution is 5.95. The van der Waals surface area contributed by atoms with Crippen LogP contribution in [-0.4, -0.2) is 57.5 Å². The molecule has 1 amide bonds. The maximum absolute atomic E-state index is 13.5. The summed E-state index contributed by atoms with van der Waals surface area (Å²) >= 11 is 0. The molecule has 2 unspecified atom stereocenters. The van der Waals surface area contributed by atoms with Gasteiger partial charge in [0.05, 0.1) is 24.5 Å². The van der Waals surface area contributed by atoms with Crippen LogP contribution in [0.1, 0.15) is 23.3 Å². The van der Waals surface area contributed by atoms with Crippen LogP contribution in [0, 0.1) is 0 Å². The zero-order chi connectivity index (χ0) is 20.4. The maximum Gasteiger partial charge on any atom is 0.305 e. The first kappa shape index (κ1) is 18.9. The van der Waals surface area contributed by atoms with Crippen molar-refractivity contribution in [3.8, 4) is 17.1 Å². The minimum atomic E-state index is -0.947. The van der Waals surface area contributed by atoms with Crippen LogP contribution in [0.4, 0.5) is 0 Å². The van der Waals surface area contributed by atoms with Crippen LogP contribution in [-0.2, 0) is 9.53 Å². The standard InChI is InChI=1S/C21H21N3O5/c1-28-16-10-15(11-20(25)26)23(13-16)21(27)18-12-17(19-8-5-9-29-19)22-24(18)14-6-3-2-4-7-14/h2-9,12,15-16H,10-11,13H2,1H3,(H,25,26). The lowest BCUT2D eigenvalue weighted by molar-refractivity contribution is -0.138. The molecule has 150 valence electrons. The highest BCUT2D eigenvalue weighted by Gasteiger charge is 2.38. The Morgan fingerprint density at radius 3 is 2.69 bits per heavy atom. The molecule has 0 saturated carbocycles. The molecule has 8 heteroatoms. The lowest BCUT2D eigenvalue weighted by Crippen LogP contribution is -2.38. The number of aromatic nitrogens is 2. The largest absolute Gasteiger partial charge is 0.481 e. The van der Waals surface area contributed by atoms with Crippen molar-refractivity contribution in [3.63, 3.8) is 0 Å². The molecule has 1 N–H and O–H groups in total. The summed E-state index contributed by atoms with van der Waals surface area (Å²) in [5.74, 6) is -0.686. The monoisotopic (exact) mass is 395 g/mol. The molecule has 3 heterocycles. The zero-order valence-electron chi connectivity index (χ0n) is 15.9. The highest BCUT2D eigenvalue weighted by atomic mass is 16.5. The van der Waals surface area contributed by atoms with Crippen molar-refractivity contribution in [2.75, 3.05) is 13.7 Å². The Hall–Kier alpha value is -3.39. The van der Waals surface area contributed by atoms with Gasteiger partial charge < -0.3 is 19.2 Å². The Morgan fingerprint density at radius 2 is 2.03 bits per heavy atom. The molecule has 29 heavy (non-hydrogen) atoms. The molecule has 8 nitrogen and oxygen atoms in total. The summed E-state index contributed by atoms with van der Waals surface area (Å²) in [6.45, 7) is 0.337. The molecule has 2 aromatic heterocycles. The second kappa shape index (κ2) is 7.92. The van der Waals surface area contributed by atoms with Gasteiger partial charge in [0.25, 0.3) is 5.91 Å². The normalized spacial score (nSPS) is 18.9. The Morgan fingerprint density at radius 1 is 1.24 bits per heavy atom. The van der Waals surface area contributed by atoms with E-state index >= 15 is 0 Å². The molecule has 0 bridgehead atoms. The Labute approximate surface area is 167 Å². The SMILES string of the molecule is COC1CC(CC(=O)O)N(C(=O)c2cc(-c3ccco3)nn2-c2ccccc2)C1. The van der Waals surface area contributed by atoms with Crippen LogP contribution in [0.3, 0.4) is 0 Å². The van der Waals surface area contributed by atoms with Crippen molar-refractivity contribution in [1.29, 1.82) is 0 Å². The first-order valence-electron chi connectivity index (χ1n) is 9.31. The third-order valence-electron chi connectivity index (χ3n) is 5.08. The Kier molecular flexibility index (Phi) is 5.18. The molecule has 1 aliphatic rings. The molecule has 1 aliphatic heterocycles. The Balaban J connectivity index is 1.74. The molecular weight excluding hydrogens is 374 g/mol. The van der Waals surface area contributed by atoms with E-state index in [4.69, 9.17) is 9.15 Å². The van der Waals surface area contributed by atoms with Crippen LogP contribution >= 0.6 is 0 Å². The van der Waals surface area contributed by atoms with Gasteiger partial charge in [-0.15, -0.1) is 0 Å². The van der Waals surface area contributed by atoms with Crippen molar-refractivity contribution < 1.29 is 23.8 Å². The van der Waals surface area contributed by atoms with Crippen LogP contribution in [0.5, 0.6) is 0 Å². The lowest BCUT2D eigenvalue weighted by atomic mass is 10.1. The number of para-hydroxylation sites is 1.